The molecule has 1 aromatic carbocycles. The maximum atomic E-state index is 13.2. The molecule has 3 rings (SSSR count). The smallest absolute Gasteiger partial charge is 0.126 e. The van der Waals surface area contributed by atoms with Crippen LogP contribution in [0.4, 0.5) is 4.39 Å². The third-order valence-electron chi connectivity index (χ3n) is 4.30. The van der Waals surface area contributed by atoms with Crippen LogP contribution in [0.15, 0.2) is 18.2 Å². The Hall–Kier alpha value is -1.13. The number of likely N-dealkylation sites (tertiary alicyclic amines) is 1. The highest BCUT2D eigenvalue weighted by molar-refractivity contribution is 5.39. The van der Waals surface area contributed by atoms with Gasteiger partial charge in [0.1, 0.15) is 17.2 Å². The van der Waals surface area contributed by atoms with Crippen molar-refractivity contribution in [2.75, 3.05) is 13.1 Å². The monoisotopic (exact) mass is 265 g/mol. The number of aliphatic hydroxyl groups is 1. The van der Waals surface area contributed by atoms with Crippen LogP contribution in [0.2, 0.25) is 0 Å². The van der Waals surface area contributed by atoms with Crippen LogP contribution < -0.4 is 4.74 Å². The fraction of sp³-hybridized carbons (Fsp3) is 0.600. The highest BCUT2D eigenvalue weighted by Gasteiger charge is 2.46. The Labute approximate surface area is 113 Å². The van der Waals surface area contributed by atoms with Crippen molar-refractivity contribution in [3.63, 3.8) is 0 Å². The lowest BCUT2D eigenvalue weighted by atomic mass is 9.88. The Morgan fingerprint density at radius 1 is 1.47 bits per heavy atom. The minimum atomic E-state index is -0.633. The summed E-state index contributed by atoms with van der Waals surface area (Å²) >= 11 is 0. The van der Waals surface area contributed by atoms with E-state index in [1.54, 1.807) is 6.07 Å². The molecule has 2 atom stereocenters. The van der Waals surface area contributed by atoms with Gasteiger partial charge < -0.3 is 9.84 Å². The summed E-state index contributed by atoms with van der Waals surface area (Å²) in [7, 11) is 0. The zero-order valence-electron chi connectivity index (χ0n) is 11.4. The first-order valence-electron chi connectivity index (χ1n) is 6.90. The molecule has 0 amide bonds. The van der Waals surface area contributed by atoms with Gasteiger partial charge in [-0.2, -0.15) is 0 Å². The van der Waals surface area contributed by atoms with E-state index in [2.05, 4.69) is 18.7 Å². The van der Waals surface area contributed by atoms with Crippen molar-refractivity contribution >= 4 is 0 Å². The molecule has 1 spiro atoms. The van der Waals surface area contributed by atoms with E-state index in [9.17, 15) is 9.50 Å². The van der Waals surface area contributed by atoms with Crippen LogP contribution in [-0.2, 0) is 0 Å². The quantitative estimate of drug-likeness (QED) is 0.847. The van der Waals surface area contributed by atoms with Gasteiger partial charge in [-0.15, -0.1) is 0 Å². The van der Waals surface area contributed by atoms with Gasteiger partial charge in [-0.05, 0) is 32.0 Å². The number of halogens is 1. The van der Waals surface area contributed by atoms with E-state index < -0.39 is 6.10 Å². The summed E-state index contributed by atoms with van der Waals surface area (Å²) in [5, 5.41) is 10.3. The van der Waals surface area contributed by atoms with Crippen molar-refractivity contribution < 1.29 is 14.2 Å². The number of nitrogens with zero attached hydrogens (tertiary/aromatic N) is 1. The molecule has 2 aliphatic rings. The van der Waals surface area contributed by atoms with E-state index in [1.165, 1.54) is 12.1 Å². The van der Waals surface area contributed by atoms with E-state index in [1.807, 2.05) is 0 Å². The number of ether oxygens (including phenoxy) is 1. The number of fused-ring (bicyclic) bond motifs is 1. The van der Waals surface area contributed by atoms with E-state index in [-0.39, 0.29) is 11.4 Å². The van der Waals surface area contributed by atoms with Crippen LogP contribution in [0, 0.1) is 5.82 Å². The third kappa shape index (κ3) is 2.23. The van der Waals surface area contributed by atoms with Gasteiger partial charge in [-0.3, -0.25) is 4.90 Å². The molecule has 1 aromatic rings. The maximum absolute atomic E-state index is 13.2. The van der Waals surface area contributed by atoms with E-state index in [4.69, 9.17) is 4.74 Å². The average Bonchev–Trinajstić information content (AvgIpc) is 2.74. The van der Waals surface area contributed by atoms with Gasteiger partial charge in [0.25, 0.3) is 0 Å². The first kappa shape index (κ1) is 12.9. The lowest BCUT2D eigenvalue weighted by Crippen LogP contribution is -2.44. The van der Waals surface area contributed by atoms with Gasteiger partial charge >= 0.3 is 0 Å². The summed E-state index contributed by atoms with van der Waals surface area (Å²) in [4.78, 5) is 2.36. The summed E-state index contributed by atoms with van der Waals surface area (Å²) in [5.41, 5.74) is 0.266. The number of hydrogen-bond donors (Lipinski definition) is 1. The fourth-order valence-electron chi connectivity index (χ4n) is 3.18. The van der Waals surface area contributed by atoms with Crippen molar-refractivity contribution in [1.82, 2.24) is 4.90 Å². The third-order valence-corrected chi connectivity index (χ3v) is 4.30. The van der Waals surface area contributed by atoms with Gasteiger partial charge in [0, 0.05) is 37.5 Å². The molecular weight excluding hydrogens is 245 g/mol. The number of rotatable bonds is 1. The Morgan fingerprint density at radius 2 is 2.26 bits per heavy atom. The molecular formula is C15H20FNO2. The Kier molecular flexibility index (Phi) is 3.02. The molecule has 2 aliphatic heterocycles. The van der Waals surface area contributed by atoms with Gasteiger partial charge in [0.15, 0.2) is 0 Å². The second kappa shape index (κ2) is 4.46. The van der Waals surface area contributed by atoms with E-state index in [0.29, 0.717) is 23.8 Å². The van der Waals surface area contributed by atoms with Crippen LogP contribution >= 0.6 is 0 Å². The molecule has 0 aliphatic carbocycles. The standard InChI is InChI=1S/C15H20FNO2/c1-10(2)17-6-5-15(9-17)8-13(18)12-7-11(16)3-4-14(12)19-15/h3-4,7,10,13,18H,5-6,8-9H2,1-2H3. The summed E-state index contributed by atoms with van der Waals surface area (Å²) in [6.07, 6.45) is 0.831. The van der Waals surface area contributed by atoms with Crippen molar-refractivity contribution in [3.05, 3.63) is 29.6 Å². The molecule has 0 saturated carbocycles. The summed E-state index contributed by atoms with van der Waals surface area (Å²) in [6.45, 7) is 6.16. The van der Waals surface area contributed by atoms with Crippen molar-refractivity contribution in [2.45, 2.75) is 44.4 Å². The SMILES string of the molecule is CC(C)N1CCC2(CC(O)c3cc(F)ccc3O2)C1. The zero-order valence-corrected chi connectivity index (χ0v) is 11.4. The minimum absolute atomic E-state index is 0.311. The van der Waals surface area contributed by atoms with Crippen LogP contribution in [0.3, 0.4) is 0 Å². The van der Waals surface area contributed by atoms with E-state index in [0.717, 1.165) is 19.5 Å². The Balaban J connectivity index is 1.87. The average molecular weight is 265 g/mol. The predicted molar refractivity (Wildman–Crippen MR) is 70.7 cm³/mol. The lowest BCUT2D eigenvalue weighted by Gasteiger charge is -2.38. The van der Waals surface area contributed by atoms with Crippen molar-refractivity contribution in [2.24, 2.45) is 0 Å². The first-order valence-corrected chi connectivity index (χ1v) is 6.90. The molecule has 2 unspecified atom stereocenters. The normalized spacial score (nSPS) is 30.7. The van der Waals surface area contributed by atoms with Crippen LogP contribution in [0.1, 0.15) is 38.4 Å². The van der Waals surface area contributed by atoms with Gasteiger partial charge in [0.05, 0.1) is 6.10 Å². The molecule has 0 radical (unpaired) electrons. The number of hydrogen-bond acceptors (Lipinski definition) is 3. The molecule has 1 saturated heterocycles. The molecule has 0 aromatic heterocycles. The Bertz CT molecular complexity index is 491. The zero-order chi connectivity index (χ0) is 13.6. The van der Waals surface area contributed by atoms with Gasteiger partial charge in [-0.1, -0.05) is 0 Å². The van der Waals surface area contributed by atoms with E-state index >= 15 is 0 Å². The highest BCUT2D eigenvalue weighted by atomic mass is 19.1. The lowest BCUT2D eigenvalue weighted by molar-refractivity contribution is -0.00912. The molecule has 2 heterocycles. The molecule has 1 N–H and O–H groups in total. The van der Waals surface area contributed by atoms with Gasteiger partial charge in [-0.25, -0.2) is 4.39 Å². The Morgan fingerprint density at radius 3 is 2.95 bits per heavy atom. The van der Waals surface area contributed by atoms with Crippen molar-refractivity contribution in [1.29, 1.82) is 0 Å². The second-order valence-electron chi connectivity index (χ2n) is 6.00. The highest BCUT2D eigenvalue weighted by Crippen LogP contribution is 2.44. The predicted octanol–water partition coefficient (Wildman–Crippen LogP) is 2.49. The summed E-state index contributed by atoms with van der Waals surface area (Å²) < 4.78 is 19.3. The van der Waals surface area contributed by atoms with Crippen LogP contribution in [0.25, 0.3) is 0 Å². The first-order chi connectivity index (χ1) is 8.99. The largest absolute Gasteiger partial charge is 0.485 e. The van der Waals surface area contributed by atoms with Gasteiger partial charge in [0.2, 0.25) is 0 Å². The minimum Gasteiger partial charge on any atom is -0.485 e. The number of benzene rings is 1. The van der Waals surface area contributed by atoms with Crippen LogP contribution in [0.5, 0.6) is 5.75 Å². The molecule has 104 valence electrons. The topological polar surface area (TPSA) is 32.7 Å². The summed E-state index contributed by atoms with van der Waals surface area (Å²) in [5.74, 6) is 0.304. The summed E-state index contributed by atoms with van der Waals surface area (Å²) in [6, 6.07) is 4.88. The molecule has 1 fully saturated rings. The molecule has 3 nitrogen and oxygen atoms in total. The molecule has 0 bridgehead atoms. The second-order valence-corrected chi connectivity index (χ2v) is 6.00. The molecule has 19 heavy (non-hydrogen) atoms. The van der Waals surface area contributed by atoms with Crippen LogP contribution in [-0.4, -0.2) is 34.7 Å². The van der Waals surface area contributed by atoms with Crippen molar-refractivity contribution in [3.8, 4) is 5.75 Å². The maximum Gasteiger partial charge on any atom is 0.126 e. The fourth-order valence-corrected chi connectivity index (χ4v) is 3.18. The molecule has 4 heteroatoms. The number of aliphatic hydroxyl groups excluding tert-OH is 1.